The molecule has 0 aliphatic carbocycles. The maximum atomic E-state index is 12.2. The van der Waals surface area contributed by atoms with E-state index >= 15 is 0 Å². The summed E-state index contributed by atoms with van der Waals surface area (Å²) in [7, 11) is 3.92. The summed E-state index contributed by atoms with van der Waals surface area (Å²) >= 11 is 5.94. The Balaban J connectivity index is 0.00000312. The van der Waals surface area contributed by atoms with Gasteiger partial charge in [0.1, 0.15) is 6.61 Å². The van der Waals surface area contributed by atoms with Gasteiger partial charge in [0.25, 0.3) is 5.69 Å². The van der Waals surface area contributed by atoms with Crippen LogP contribution in [0.1, 0.15) is 21.5 Å². The summed E-state index contributed by atoms with van der Waals surface area (Å²) in [6, 6.07) is 11.3. The fraction of sp³-hybridized carbons (Fsp3) is 0.235. The molecule has 8 heteroatoms. The molecule has 0 spiro atoms. The molecule has 2 aromatic carbocycles. The van der Waals surface area contributed by atoms with Crippen LogP contribution in [0.4, 0.5) is 5.69 Å². The minimum absolute atomic E-state index is 0. The van der Waals surface area contributed by atoms with E-state index in [4.69, 9.17) is 16.3 Å². The summed E-state index contributed by atoms with van der Waals surface area (Å²) in [5, 5.41) is 10.7. The first-order chi connectivity index (χ1) is 11.4. The van der Waals surface area contributed by atoms with Crippen molar-refractivity contribution in [3.8, 4) is 0 Å². The van der Waals surface area contributed by atoms with Crippen LogP contribution >= 0.6 is 24.0 Å². The Kier molecular flexibility index (Phi) is 7.83. The van der Waals surface area contributed by atoms with Crippen molar-refractivity contribution in [3.63, 3.8) is 0 Å². The molecule has 0 unspecified atom stereocenters. The van der Waals surface area contributed by atoms with Gasteiger partial charge in [0.15, 0.2) is 0 Å². The Hall–Kier alpha value is -2.15. The predicted molar refractivity (Wildman–Crippen MR) is 98.3 cm³/mol. The van der Waals surface area contributed by atoms with Crippen molar-refractivity contribution in [2.75, 3.05) is 14.1 Å². The number of esters is 1. The van der Waals surface area contributed by atoms with Crippen LogP contribution in [0.15, 0.2) is 42.5 Å². The Morgan fingerprint density at radius 3 is 2.40 bits per heavy atom. The van der Waals surface area contributed by atoms with Gasteiger partial charge in [-0.25, -0.2) is 4.79 Å². The number of nitro benzene ring substituents is 1. The lowest BCUT2D eigenvalue weighted by atomic mass is 10.1. The van der Waals surface area contributed by atoms with Crippen molar-refractivity contribution in [3.05, 3.63) is 74.3 Å². The van der Waals surface area contributed by atoms with Gasteiger partial charge in [0.2, 0.25) is 0 Å². The van der Waals surface area contributed by atoms with E-state index in [-0.39, 0.29) is 35.3 Å². The van der Waals surface area contributed by atoms with Crippen LogP contribution in [0.2, 0.25) is 5.02 Å². The van der Waals surface area contributed by atoms with Gasteiger partial charge in [-0.3, -0.25) is 10.1 Å². The molecule has 0 saturated carbocycles. The van der Waals surface area contributed by atoms with Gasteiger partial charge in [-0.15, -0.1) is 12.4 Å². The van der Waals surface area contributed by atoms with E-state index < -0.39 is 10.9 Å². The van der Waals surface area contributed by atoms with Crippen LogP contribution in [0, 0.1) is 10.1 Å². The third-order valence-corrected chi connectivity index (χ3v) is 3.66. The average molecular weight is 385 g/mol. The quantitative estimate of drug-likeness (QED) is 0.426. The van der Waals surface area contributed by atoms with Gasteiger partial charge < -0.3 is 9.64 Å². The fourth-order valence-corrected chi connectivity index (χ4v) is 2.45. The van der Waals surface area contributed by atoms with Crippen molar-refractivity contribution in [1.29, 1.82) is 0 Å². The number of carbonyl (C=O) groups excluding carboxylic acids is 1. The second-order valence-corrected chi connectivity index (χ2v) is 5.91. The van der Waals surface area contributed by atoms with Crippen LogP contribution < -0.4 is 0 Å². The number of carbonyl (C=O) groups is 1. The first-order valence-corrected chi connectivity index (χ1v) is 7.59. The zero-order valence-electron chi connectivity index (χ0n) is 13.8. The number of hydrogen-bond acceptors (Lipinski definition) is 5. The topological polar surface area (TPSA) is 72.7 Å². The van der Waals surface area contributed by atoms with E-state index in [1.54, 1.807) is 0 Å². The maximum absolute atomic E-state index is 12.2. The lowest BCUT2D eigenvalue weighted by Crippen LogP contribution is -2.13. The highest BCUT2D eigenvalue weighted by molar-refractivity contribution is 6.33. The lowest BCUT2D eigenvalue weighted by molar-refractivity contribution is -0.384. The number of benzene rings is 2. The van der Waals surface area contributed by atoms with Gasteiger partial charge in [-0.2, -0.15) is 0 Å². The number of non-ortho nitro benzene ring substituents is 1. The van der Waals surface area contributed by atoms with E-state index in [1.807, 2.05) is 43.3 Å². The molecule has 0 aliphatic rings. The summed E-state index contributed by atoms with van der Waals surface area (Å²) in [6.45, 7) is 0.835. The fourth-order valence-electron chi connectivity index (χ4n) is 2.20. The molecule has 2 rings (SSSR count). The van der Waals surface area contributed by atoms with Crippen LogP contribution in [0.5, 0.6) is 0 Å². The van der Waals surface area contributed by atoms with Crippen molar-refractivity contribution in [2.24, 2.45) is 0 Å². The SMILES string of the molecule is CN(C)Cc1ccccc1COC(=O)c1ccc([N+](=O)[O-])cc1Cl.Cl. The molecule has 0 heterocycles. The van der Waals surface area contributed by atoms with Gasteiger partial charge in [0.05, 0.1) is 15.5 Å². The molecule has 0 aliphatic heterocycles. The van der Waals surface area contributed by atoms with Gasteiger partial charge in [0, 0.05) is 18.7 Å². The Morgan fingerprint density at radius 2 is 1.84 bits per heavy atom. The molecule has 2 aromatic rings. The molecule has 0 radical (unpaired) electrons. The van der Waals surface area contributed by atoms with Crippen LogP contribution in [0.3, 0.4) is 0 Å². The summed E-state index contributed by atoms with van der Waals surface area (Å²) in [5.41, 5.74) is 1.89. The number of halogens is 2. The largest absolute Gasteiger partial charge is 0.457 e. The summed E-state index contributed by atoms with van der Waals surface area (Å²) in [6.07, 6.45) is 0. The summed E-state index contributed by atoms with van der Waals surface area (Å²) < 4.78 is 5.31. The molecule has 0 atom stereocenters. The van der Waals surface area contributed by atoms with E-state index in [9.17, 15) is 14.9 Å². The molecule has 0 bridgehead atoms. The first-order valence-electron chi connectivity index (χ1n) is 7.21. The Bertz CT molecular complexity index is 766. The predicted octanol–water partition coefficient (Wildman–Crippen LogP) is 4.09. The summed E-state index contributed by atoms with van der Waals surface area (Å²) in [4.78, 5) is 24.3. The number of nitro groups is 1. The molecule has 0 aromatic heterocycles. The normalized spacial score (nSPS) is 10.2. The highest BCUT2D eigenvalue weighted by Crippen LogP contribution is 2.23. The molecule has 0 fully saturated rings. The smallest absolute Gasteiger partial charge is 0.339 e. The number of hydrogen-bond donors (Lipinski definition) is 0. The van der Waals surface area contributed by atoms with Gasteiger partial charge in [-0.1, -0.05) is 35.9 Å². The van der Waals surface area contributed by atoms with Crippen molar-refractivity contribution in [2.45, 2.75) is 13.2 Å². The third kappa shape index (κ3) is 5.70. The molecule has 134 valence electrons. The van der Waals surface area contributed by atoms with Gasteiger partial charge >= 0.3 is 5.97 Å². The van der Waals surface area contributed by atoms with Crippen molar-refractivity contribution < 1.29 is 14.5 Å². The second kappa shape index (κ2) is 9.36. The van der Waals surface area contributed by atoms with Crippen molar-refractivity contribution >= 4 is 35.7 Å². The molecule has 0 amide bonds. The van der Waals surface area contributed by atoms with E-state index in [2.05, 4.69) is 0 Å². The van der Waals surface area contributed by atoms with E-state index in [1.165, 1.54) is 12.1 Å². The van der Waals surface area contributed by atoms with Crippen LogP contribution in [-0.4, -0.2) is 29.9 Å². The zero-order chi connectivity index (χ0) is 17.7. The molecule has 0 saturated heterocycles. The molecular formula is C17H18Cl2N2O4. The average Bonchev–Trinajstić information content (AvgIpc) is 2.53. The summed E-state index contributed by atoms with van der Waals surface area (Å²) in [5.74, 6) is -0.616. The molecule has 25 heavy (non-hydrogen) atoms. The highest BCUT2D eigenvalue weighted by Gasteiger charge is 2.16. The first kappa shape index (κ1) is 20.9. The highest BCUT2D eigenvalue weighted by atomic mass is 35.5. The standard InChI is InChI=1S/C17H17ClN2O4.ClH/c1-19(2)10-12-5-3-4-6-13(12)11-24-17(21)15-8-7-14(20(22)23)9-16(15)18;/h3-9H,10-11H2,1-2H3;1H. The maximum Gasteiger partial charge on any atom is 0.339 e. The zero-order valence-corrected chi connectivity index (χ0v) is 15.3. The Morgan fingerprint density at radius 1 is 1.20 bits per heavy atom. The molecule has 0 N–H and O–H groups in total. The number of rotatable bonds is 6. The number of ether oxygens (including phenoxy) is 1. The van der Waals surface area contributed by atoms with Crippen LogP contribution in [0.25, 0.3) is 0 Å². The lowest BCUT2D eigenvalue weighted by Gasteiger charge is -2.14. The molecular weight excluding hydrogens is 367 g/mol. The Labute approximate surface area is 156 Å². The minimum atomic E-state index is -0.616. The monoisotopic (exact) mass is 384 g/mol. The third-order valence-electron chi connectivity index (χ3n) is 3.35. The van der Waals surface area contributed by atoms with Crippen molar-refractivity contribution in [1.82, 2.24) is 4.90 Å². The van der Waals surface area contributed by atoms with E-state index in [0.29, 0.717) is 0 Å². The van der Waals surface area contributed by atoms with E-state index in [0.717, 1.165) is 23.7 Å². The molecule has 6 nitrogen and oxygen atoms in total. The minimum Gasteiger partial charge on any atom is -0.457 e. The number of nitrogens with zero attached hydrogens (tertiary/aromatic N) is 2. The van der Waals surface area contributed by atoms with Crippen LogP contribution in [-0.2, 0) is 17.9 Å². The second-order valence-electron chi connectivity index (χ2n) is 5.50. The van der Waals surface area contributed by atoms with Gasteiger partial charge in [-0.05, 0) is 31.3 Å².